The van der Waals surface area contributed by atoms with Crippen molar-refractivity contribution in [1.29, 1.82) is 0 Å². The molecule has 5 aromatic carbocycles. The van der Waals surface area contributed by atoms with E-state index in [0.717, 1.165) is 55.7 Å². The van der Waals surface area contributed by atoms with Crippen LogP contribution in [0.25, 0.3) is 28.0 Å². The zero-order valence-corrected chi connectivity index (χ0v) is 24.2. The summed E-state index contributed by atoms with van der Waals surface area (Å²) in [5.74, 6) is 2.16. The summed E-state index contributed by atoms with van der Waals surface area (Å²) >= 11 is 0. The van der Waals surface area contributed by atoms with E-state index in [1.54, 1.807) is 20.3 Å². The van der Waals surface area contributed by atoms with Gasteiger partial charge in [0.1, 0.15) is 17.2 Å². The number of fused-ring (bicyclic) bond motifs is 8. The molecule has 43 heavy (non-hydrogen) atoms. The maximum Gasteiger partial charge on any atom is 0.416 e. The van der Waals surface area contributed by atoms with Gasteiger partial charge in [-0.15, -0.1) is 0 Å². The number of benzene rings is 5. The van der Waals surface area contributed by atoms with Gasteiger partial charge in [0.05, 0.1) is 19.8 Å². The van der Waals surface area contributed by atoms with Gasteiger partial charge in [-0.3, -0.25) is 0 Å². The van der Waals surface area contributed by atoms with Gasteiger partial charge in [-0.25, -0.2) is 0 Å². The standard InChI is InChI=1S/C37H29F3O3/c1-35(2)31-21-24(37(38,39)40)13-18-29(31)32-27-7-5-6-8-28(27)34-30(33(32)35)19-20-36(43-34,22-9-14-25(41-3)15-10-22)23-11-16-26(42-4)17-12-23/h5-21H,1-4H3. The van der Waals surface area contributed by atoms with E-state index >= 15 is 0 Å². The van der Waals surface area contributed by atoms with Gasteiger partial charge in [-0.1, -0.05) is 74.5 Å². The van der Waals surface area contributed by atoms with Crippen molar-refractivity contribution in [2.45, 2.75) is 31.0 Å². The smallest absolute Gasteiger partial charge is 0.416 e. The van der Waals surface area contributed by atoms with Gasteiger partial charge in [-0.05, 0) is 70.1 Å². The van der Waals surface area contributed by atoms with Gasteiger partial charge >= 0.3 is 6.18 Å². The van der Waals surface area contributed by atoms with E-state index in [1.165, 1.54) is 12.1 Å². The molecule has 0 N–H and O–H groups in total. The fourth-order valence-electron chi connectivity index (χ4n) is 6.77. The lowest BCUT2D eigenvalue weighted by Crippen LogP contribution is -2.35. The maximum absolute atomic E-state index is 13.8. The summed E-state index contributed by atoms with van der Waals surface area (Å²) in [5, 5.41) is 1.84. The number of hydrogen-bond donors (Lipinski definition) is 0. The lowest BCUT2D eigenvalue weighted by atomic mass is 9.76. The summed E-state index contributed by atoms with van der Waals surface area (Å²) in [6.07, 6.45) is -0.300. The van der Waals surface area contributed by atoms with Crippen LogP contribution >= 0.6 is 0 Å². The second-order valence-electron chi connectivity index (χ2n) is 11.5. The molecule has 0 radical (unpaired) electrons. The molecule has 216 valence electrons. The van der Waals surface area contributed by atoms with Crippen molar-refractivity contribution in [3.05, 3.63) is 130 Å². The Hall–Kier alpha value is -4.71. The molecule has 1 aliphatic carbocycles. The van der Waals surface area contributed by atoms with Crippen molar-refractivity contribution in [3.63, 3.8) is 0 Å². The van der Waals surface area contributed by atoms with E-state index in [-0.39, 0.29) is 0 Å². The zero-order valence-electron chi connectivity index (χ0n) is 24.2. The number of alkyl halides is 3. The lowest BCUT2D eigenvalue weighted by molar-refractivity contribution is -0.137. The summed E-state index contributed by atoms with van der Waals surface area (Å²) in [5.41, 5.74) is 3.76. The molecule has 0 amide bonds. The van der Waals surface area contributed by atoms with E-state index in [0.29, 0.717) is 11.3 Å². The van der Waals surface area contributed by atoms with E-state index in [4.69, 9.17) is 14.2 Å². The number of methoxy groups -OCH3 is 2. The van der Waals surface area contributed by atoms with Crippen LogP contribution in [0.5, 0.6) is 17.2 Å². The van der Waals surface area contributed by atoms with Crippen molar-refractivity contribution >= 4 is 16.8 Å². The summed E-state index contributed by atoms with van der Waals surface area (Å²) in [4.78, 5) is 0. The third-order valence-corrected chi connectivity index (χ3v) is 8.91. The average Bonchev–Trinajstić information content (AvgIpc) is 3.27. The summed E-state index contributed by atoms with van der Waals surface area (Å²) in [6, 6.07) is 27.7. The molecule has 0 spiro atoms. The highest BCUT2D eigenvalue weighted by Gasteiger charge is 2.45. The predicted octanol–water partition coefficient (Wildman–Crippen LogP) is 9.53. The van der Waals surface area contributed by atoms with Crippen LogP contribution in [-0.2, 0) is 17.2 Å². The van der Waals surface area contributed by atoms with Crippen molar-refractivity contribution in [2.24, 2.45) is 0 Å². The highest BCUT2D eigenvalue weighted by Crippen LogP contribution is 2.58. The zero-order chi connectivity index (χ0) is 30.1. The molecule has 0 aromatic heterocycles. The lowest BCUT2D eigenvalue weighted by Gasteiger charge is -2.38. The molecule has 1 heterocycles. The van der Waals surface area contributed by atoms with Crippen LogP contribution in [0.4, 0.5) is 13.2 Å². The van der Waals surface area contributed by atoms with Crippen molar-refractivity contribution in [3.8, 4) is 28.4 Å². The number of rotatable bonds is 4. The molecule has 5 aromatic rings. The van der Waals surface area contributed by atoms with Gasteiger partial charge < -0.3 is 14.2 Å². The first-order valence-corrected chi connectivity index (χ1v) is 14.1. The molecule has 3 nitrogen and oxygen atoms in total. The first-order chi connectivity index (χ1) is 20.6. The normalized spacial score (nSPS) is 15.8. The van der Waals surface area contributed by atoms with E-state index < -0.39 is 22.8 Å². The Labute approximate surface area is 248 Å². The third-order valence-electron chi connectivity index (χ3n) is 8.91. The van der Waals surface area contributed by atoms with Crippen molar-refractivity contribution < 1.29 is 27.4 Å². The van der Waals surface area contributed by atoms with Gasteiger partial charge in [0.15, 0.2) is 5.60 Å². The Morgan fingerprint density at radius 1 is 0.721 bits per heavy atom. The Morgan fingerprint density at radius 2 is 1.30 bits per heavy atom. The Balaban J connectivity index is 1.50. The first kappa shape index (κ1) is 27.1. The third kappa shape index (κ3) is 3.96. The van der Waals surface area contributed by atoms with Crippen LogP contribution in [0.15, 0.2) is 97.1 Å². The second kappa shape index (κ2) is 9.40. The van der Waals surface area contributed by atoms with Crippen LogP contribution in [0.2, 0.25) is 0 Å². The minimum absolute atomic E-state index is 0.643. The van der Waals surface area contributed by atoms with Crippen LogP contribution in [0.3, 0.4) is 0 Å². The van der Waals surface area contributed by atoms with Gasteiger partial charge in [0, 0.05) is 27.5 Å². The Bertz CT molecular complexity index is 1870. The van der Waals surface area contributed by atoms with E-state index in [1.807, 2.05) is 92.7 Å². The fourth-order valence-corrected chi connectivity index (χ4v) is 6.77. The Morgan fingerprint density at radius 3 is 1.86 bits per heavy atom. The number of ether oxygens (including phenoxy) is 3. The van der Waals surface area contributed by atoms with Crippen LogP contribution in [-0.4, -0.2) is 14.2 Å². The molecule has 7 rings (SSSR count). The number of hydrogen-bond acceptors (Lipinski definition) is 3. The number of halogens is 3. The van der Waals surface area contributed by atoms with Crippen molar-refractivity contribution in [1.82, 2.24) is 0 Å². The highest BCUT2D eigenvalue weighted by atomic mass is 19.4. The molecule has 2 aliphatic rings. The average molecular weight is 579 g/mol. The SMILES string of the molecule is COc1ccc(C2(c3ccc(OC)cc3)C=Cc3c4c(c5ccccc5c3O2)-c2ccc(C(F)(F)F)cc2C4(C)C)cc1. The molecule has 1 aliphatic heterocycles. The molecule has 0 bridgehead atoms. The predicted molar refractivity (Wildman–Crippen MR) is 163 cm³/mol. The second-order valence-corrected chi connectivity index (χ2v) is 11.5. The fraction of sp³-hybridized carbons (Fsp3) is 0.189. The molecule has 0 atom stereocenters. The minimum Gasteiger partial charge on any atom is -0.497 e. The maximum atomic E-state index is 13.8. The van der Waals surface area contributed by atoms with Crippen LogP contribution in [0.1, 0.15) is 47.2 Å². The molecule has 0 saturated carbocycles. The quantitative estimate of drug-likeness (QED) is 0.213. The van der Waals surface area contributed by atoms with Crippen LogP contribution < -0.4 is 14.2 Å². The summed E-state index contributed by atoms with van der Waals surface area (Å²) in [7, 11) is 3.26. The minimum atomic E-state index is -4.43. The van der Waals surface area contributed by atoms with E-state index in [2.05, 4.69) is 6.08 Å². The summed E-state index contributed by atoms with van der Waals surface area (Å²) < 4.78 is 59.5. The summed E-state index contributed by atoms with van der Waals surface area (Å²) in [6.45, 7) is 3.99. The molecule has 0 saturated heterocycles. The molecule has 0 unspecified atom stereocenters. The molecule has 6 heteroatoms. The van der Waals surface area contributed by atoms with Crippen LogP contribution in [0, 0.1) is 0 Å². The molecule has 0 fully saturated rings. The van der Waals surface area contributed by atoms with Gasteiger partial charge in [0.2, 0.25) is 0 Å². The molecular formula is C37H29F3O3. The first-order valence-electron chi connectivity index (χ1n) is 14.1. The van der Waals surface area contributed by atoms with Gasteiger partial charge in [-0.2, -0.15) is 13.2 Å². The monoisotopic (exact) mass is 578 g/mol. The van der Waals surface area contributed by atoms with Crippen molar-refractivity contribution in [2.75, 3.05) is 14.2 Å². The Kier molecular flexibility index (Phi) is 5.93. The topological polar surface area (TPSA) is 27.7 Å². The van der Waals surface area contributed by atoms with E-state index in [9.17, 15) is 13.2 Å². The molecular weight excluding hydrogens is 549 g/mol. The van der Waals surface area contributed by atoms with Gasteiger partial charge in [0.25, 0.3) is 0 Å². The largest absolute Gasteiger partial charge is 0.497 e. The highest BCUT2D eigenvalue weighted by molar-refractivity contribution is 6.08.